The Morgan fingerprint density at radius 2 is 1.70 bits per heavy atom. The number of aromatic nitrogens is 2. The van der Waals surface area contributed by atoms with Crippen molar-refractivity contribution in [3.63, 3.8) is 0 Å². The van der Waals surface area contributed by atoms with E-state index in [1.54, 1.807) is 12.4 Å². The maximum atomic E-state index is 6.43. The summed E-state index contributed by atoms with van der Waals surface area (Å²) < 4.78 is 23.6. The number of anilines is 1. The van der Waals surface area contributed by atoms with Crippen molar-refractivity contribution >= 4 is 16.7 Å². The van der Waals surface area contributed by atoms with Gasteiger partial charge in [0.15, 0.2) is 5.79 Å². The van der Waals surface area contributed by atoms with Gasteiger partial charge in [-0.1, -0.05) is 0 Å². The molecule has 1 saturated carbocycles. The molecule has 3 fully saturated rings. The predicted octanol–water partition coefficient (Wildman–Crippen LogP) is 2.53. The minimum Gasteiger partial charge on any atom is -0.488 e. The Labute approximate surface area is 158 Å². The van der Waals surface area contributed by atoms with Crippen LogP contribution >= 0.6 is 0 Å². The zero-order chi connectivity index (χ0) is 18.1. The van der Waals surface area contributed by atoms with Gasteiger partial charge < -0.3 is 23.8 Å². The normalized spacial score (nSPS) is 23.2. The lowest BCUT2D eigenvalue weighted by Crippen LogP contribution is -2.38. The fraction of sp³-hybridized carbons (Fsp3) is 0.600. The summed E-state index contributed by atoms with van der Waals surface area (Å²) in [6.07, 6.45) is 7.20. The van der Waals surface area contributed by atoms with Crippen LogP contribution in [0.5, 0.6) is 5.75 Å². The van der Waals surface area contributed by atoms with Gasteiger partial charge in [0.2, 0.25) is 0 Å². The number of ether oxygens (including phenoxy) is 4. The van der Waals surface area contributed by atoms with Gasteiger partial charge in [-0.2, -0.15) is 0 Å². The van der Waals surface area contributed by atoms with E-state index in [1.165, 1.54) is 0 Å². The molecule has 0 bridgehead atoms. The van der Waals surface area contributed by atoms with Gasteiger partial charge in [0.25, 0.3) is 0 Å². The molecule has 3 heterocycles. The molecule has 1 aliphatic carbocycles. The molecule has 1 aromatic carbocycles. The molecule has 2 aliphatic heterocycles. The molecule has 144 valence electrons. The van der Waals surface area contributed by atoms with Crippen molar-refractivity contribution < 1.29 is 18.9 Å². The van der Waals surface area contributed by atoms with Crippen molar-refractivity contribution in [2.75, 3.05) is 44.4 Å². The first-order chi connectivity index (χ1) is 13.3. The molecule has 5 rings (SSSR count). The van der Waals surface area contributed by atoms with Gasteiger partial charge in [0.1, 0.15) is 11.3 Å². The molecule has 0 N–H and O–H groups in total. The van der Waals surface area contributed by atoms with Crippen molar-refractivity contribution in [1.82, 2.24) is 9.97 Å². The molecular formula is C20H25N3O4. The lowest BCUT2D eigenvalue weighted by molar-refractivity contribution is -0.185. The summed E-state index contributed by atoms with van der Waals surface area (Å²) in [4.78, 5) is 11.4. The van der Waals surface area contributed by atoms with Crippen LogP contribution in [0.15, 0.2) is 24.5 Å². The van der Waals surface area contributed by atoms with Gasteiger partial charge in [-0.3, -0.25) is 4.98 Å². The average molecular weight is 371 g/mol. The molecule has 7 nitrogen and oxygen atoms in total. The van der Waals surface area contributed by atoms with Gasteiger partial charge in [-0.25, -0.2) is 4.98 Å². The summed E-state index contributed by atoms with van der Waals surface area (Å²) in [6, 6.07) is 4.20. The Bertz CT molecular complexity index is 793. The molecule has 2 aromatic rings. The second kappa shape index (κ2) is 7.22. The molecule has 1 spiro atoms. The number of hydrogen-bond acceptors (Lipinski definition) is 7. The molecule has 0 radical (unpaired) electrons. The molecule has 27 heavy (non-hydrogen) atoms. The van der Waals surface area contributed by atoms with Gasteiger partial charge >= 0.3 is 0 Å². The van der Waals surface area contributed by atoms with Crippen LogP contribution in [0.1, 0.15) is 25.7 Å². The lowest BCUT2D eigenvalue weighted by Gasteiger charge is -2.35. The zero-order valence-electron chi connectivity index (χ0n) is 15.4. The van der Waals surface area contributed by atoms with Crippen LogP contribution in [0.4, 0.5) is 5.69 Å². The Morgan fingerprint density at radius 1 is 0.963 bits per heavy atom. The number of morpholine rings is 1. The maximum absolute atomic E-state index is 6.43. The molecule has 0 atom stereocenters. The Morgan fingerprint density at radius 3 is 2.48 bits per heavy atom. The highest BCUT2D eigenvalue weighted by Gasteiger charge is 2.41. The van der Waals surface area contributed by atoms with E-state index < -0.39 is 0 Å². The van der Waals surface area contributed by atoms with E-state index in [-0.39, 0.29) is 11.9 Å². The number of nitrogens with zero attached hydrogens (tertiary/aromatic N) is 3. The largest absolute Gasteiger partial charge is 0.488 e. The fourth-order valence-corrected chi connectivity index (χ4v) is 4.24. The summed E-state index contributed by atoms with van der Waals surface area (Å²) in [5.74, 6) is 0.452. The SMILES string of the molecule is c1cnc2c(OC3CCC4(CC3)OCCO4)cc(N3CCOCC3)cc2n1. The van der Waals surface area contributed by atoms with E-state index in [9.17, 15) is 0 Å². The molecule has 7 heteroatoms. The molecule has 3 aliphatic rings. The summed E-state index contributed by atoms with van der Waals surface area (Å²) in [5.41, 5.74) is 2.81. The summed E-state index contributed by atoms with van der Waals surface area (Å²) >= 11 is 0. The monoisotopic (exact) mass is 371 g/mol. The molecule has 2 saturated heterocycles. The van der Waals surface area contributed by atoms with Gasteiger partial charge in [0.05, 0.1) is 38.0 Å². The van der Waals surface area contributed by atoms with Crippen LogP contribution in [-0.2, 0) is 14.2 Å². The standard InChI is InChI=1S/C20H25N3O4/c1-3-20(25-11-12-26-20)4-2-16(1)27-18-14-15(23-7-9-24-10-8-23)13-17-19(18)22-6-5-21-17/h5-6,13-14,16H,1-4,7-12H2. The average Bonchev–Trinajstić information content (AvgIpc) is 3.18. The highest BCUT2D eigenvalue weighted by atomic mass is 16.7. The molecule has 0 amide bonds. The van der Waals surface area contributed by atoms with E-state index in [1.807, 2.05) is 0 Å². The maximum Gasteiger partial charge on any atom is 0.168 e. The predicted molar refractivity (Wildman–Crippen MR) is 100 cm³/mol. The van der Waals surface area contributed by atoms with E-state index in [4.69, 9.17) is 18.9 Å². The second-order valence-corrected chi connectivity index (χ2v) is 7.39. The highest BCUT2D eigenvalue weighted by Crippen LogP contribution is 2.38. The zero-order valence-corrected chi connectivity index (χ0v) is 15.4. The van der Waals surface area contributed by atoms with Crippen LogP contribution in [0, 0.1) is 0 Å². The van der Waals surface area contributed by atoms with Crippen molar-refractivity contribution in [2.45, 2.75) is 37.6 Å². The molecule has 0 unspecified atom stereocenters. The first kappa shape index (κ1) is 17.2. The minimum atomic E-state index is -0.364. The third kappa shape index (κ3) is 3.47. The van der Waals surface area contributed by atoms with Gasteiger partial charge in [-0.05, 0) is 18.9 Å². The van der Waals surface area contributed by atoms with Crippen molar-refractivity contribution in [3.05, 3.63) is 24.5 Å². The Hall–Kier alpha value is -1.96. The lowest BCUT2D eigenvalue weighted by atomic mass is 9.92. The van der Waals surface area contributed by atoms with Crippen LogP contribution in [0.25, 0.3) is 11.0 Å². The van der Waals surface area contributed by atoms with E-state index in [0.29, 0.717) is 13.2 Å². The van der Waals surface area contributed by atoms with Crippen molar-refractivity contribution in [1.29, 1.82) is 0 Å². The third-order valence-corrected chi connectivity index (χ3v) is 5.70. The van der Waals surface area contributed by atoms with Crippen LogP contribution < -0.4 is 9.64 Å². The van der Waals surface area contributed by atoms with Gasteiger partial charge in [-0.15, -0.1) is 0 Å². The van der Waals surface area contributed by atoms with Crippen LogP contribution in [-0.4, -0.2) is 61.4 Å². The molecule has 1 aromatic heterocycles. The topological polar surface area (TPSA) is 65.9 Å². The van der Waals surface area contributed by atoms with E-state index in [2.05, 4.69) is 27.0 Å². The smallest absolute Gasteiger partial charge is 0.168 e. The molecular weight excluding hydrogens is 346 g/mol. The summed E-state index contributed by atoms with van der Waals surface area (Å²) in [7, 11) is 0. The quantitative estimate of drug-likeness (QED) is 0.821. The van der Waals surface area contributed by atoms with Crippen LogP contribution in [0.3, 0.4) is 0 Å². The number of rotatable bonds is 3. The number of fused-ring (bicyclic) bond motifs is 1. The van der Waals surface area contributed by atoms with Crippen molar-refractivity contribution in [2.24, 2.45) is 0 Å². The number of benzene rings is 1. The van der Waals surface area contributed by atoms with Crippen molar-refractivity contribution in [3.8, 4) is 5.75 Å². The minimum absolute atomic E-state index is 0.147. The number of hydrogen-bond donors (Lipinski definition) is 0. The van der Waals surface area contributed by atoms with E-state index >= 15 is 0 Å². The fourth-order valence-electron chi connectivity index (χ4n) is 4.24. The first-order valence-electron chi connectivity index (χ1n) is 9.83. The third-order valence-electron chi connectivity index (χ3n) is 5.70. The highest BCUT2D eigenvalue weighted by molar-refractivity contribution is 5.85. The van der Waals surface area contributed by atoms with E-state index in [0.717, 1.165) is 74.5 Å². The Kier molecular flexibility index (Phi) is 4.59. The summed E-state index contributed by atoms with van der Waals surface area (Å²) in [6.45, 7) is 4.66. The first-order valence-corrected chi connectivity index (χ1v) is 9.83. The van der Waals surface area contributed by atoms with Crippen LogP contribution in [0.2, 0.25) is 0 Å². The summed E-state index contributed by atoms with van der Waals surface area (Å²) in [5, 5.41) is 0. The second-order valence-electron chi connectivity index (χ2n) is 7.39. The van der Waals surface area contributed by atoms with Gasteiger partial charge in [0, 0.05) is 50.1 Å². The Balaban J connectivity index is 1.38.